The van der Waals surface area contributed by atoms with E-state index < -0.39 is 18.9 Å². The number of hydrogen-bond donors (Lipinski definition) is 2. The second-order valence-corrected chi connectivity index (χ2v) is 4.31. The summed E-state index contributed by atoms with van der Waals surface area (Å²) in [6.45, 7) is 1.78. The van der Waals surface area contributed by atoms with Gasteiger partial charge in [0.1, 0.15) is 0 Å². The van der Waals surface area contributed by atoms with E-state index >= 15 is 0 Å². The lowest BCUT2D eigenvalue weighted by molar-refractivity contribution is -0.218. The van der Waals surface area contributed by atoms with Crippen LogP contribution < -0.4 is 0 Å². The summed E-state index contributed by atoms with van der Waals surface area (Å²) >= 11 is 0. The van der Waals surface area contributed by atoms with Gasteiger partial charge in [-0.1, -0.05) is 0 Å². The summed E-state index contributed by atoms with van der Waals surface area (Å²) in [5, 5.41) is 17.1. The summed E-state index contributed by atoms with van der Waals surface area (Å²) in [4.78, 5) is 0. The molecule has 0 aliphatic heterocycles. The van der Waals surface area contributed by atoms with Crippen LogP contribution >= 0.6 is 0 Å². The molecule has 0 bridgehead atoms. The van der Waals surface area contributed by atoms with Crippen molar-refractivity contribution < 1.29 is 47.1 Å². The second-order valence-electron chi connectivity index (χ2n) is 4.31. The molecule has 0 aromatic heterocycles. The number of aliphatic hydroxyl groups is 2. The van der Waals surface area contributed by atoms with Crippen molar-refractivity contribution in [2.75, 3.05) is 72.7 Å². The molecule has 0 saturated heterocycles. The van der Waals surface area contributed by atoms with Gasteiger partial charge in [0.25, 0.3) is 0 Å². The molecule has 1 atom stereocenters. The molecule has 0 heterocycles. The van der Waals surface area contributed by atoms with Gasteiger partial charge in [0.05, 0.1) is 72.7 Å². The Morgan fingerprint density at radius 1 is 0.652 bits per heavy atom. The fourth-order valence-corrected chi connectivity index (χ4v) is 1.23. The van der Waals surface area contributed by atoms with Crippen LogP contribution in [0.5, 0.6) is 0 Å². The zero-order valence-corrected chi connectivity index (χ0v) is 12.9. The topological polar surface area (TPSA) is 86.6 Å². The number of rotatable bonds is 16. The lowest BCUT2D eigenvalue weighted by Gasteiger charge is -2.14. The van der Waals surface area contributed by atoms with E-state index in [0.29, 0.717) is 33.0 Å². The van der Waals surface area contributed by atoms with Crippen LogP contribution in [0.3, 0.4) is 0 Å². The first kappa shape index (κ1) is 22.5. The van der Waals surface area contributed by atoms with Gasteiger partial charge in [-0.15, -0.1) is 0 Å². The van der Waals surface area contributed by atoms with Gasteiger partial charge in [-0.2, -0.15) is 13.2 Å². The fourth-order valence-electron chi connectivity index (χ4n) is 1.23. The van der Waals surface area contributed by atoms with Crippen LogP contribution in [0.4, 0.5) is 13.2 Å². The van der Waals surface area contributed by atoms with Gasteiger partial charge in [0, 0.05) is 0 Å². The zero-order chi connectivity index (χ0) is 17.4. The third kappa shape index (κ3) is 16.2. The van der Waals surface area contributed by atoms with Crippen LogP contribution in [0.2, 0.25) is 0 Å². The van der Waals surface area contributed by atoms with Gasteiger partial charge in [0.2, 0.25) is 0 Å². The SMILES string of the molecule is OCCOCCOCCOCCOCCOCC(O)C(F)(F)F. The van der Waals surface area contributed by atoms with E-state index in [9.17, 15) is 13.2 Å². The van der Waals surface area contributed by atoms with Crippen molar-refractivity contribution >= 4 is 0 Å². The van der Waals surface area contributed by atoms with Gasteiger partial charge in [0.15, 0.2) is 6.10 Å². The maximum absolute atomic E-state index is 11.9. The number of alkyl halides is 3. The maximum atomic E-state index is 11.9. The van der Waals surface area contributed by atoms with Crippen LogP contribution in [-0.4, -0.2) is 95.2 Å². The molecule has 0 aromatic rings. The molecule has 0 saturated carbocycles. The molecule has 0 spiro atoms. The molecule has 0 aliphatic rings. The Bertz CT molecular complexity index is 254. The quantitative estimate of drug-likeness (QED) is 0.379. The third-order valence-electron chi connectivity index (χ3n) is 2.38. The van der Waals surface area contributed by atoms with Gasteiger partial charge in [-0.25, -0.2) is 0 Å². The predicted octanol–water partition coefficient (Wildman–Crippen LogP) is -0.0151. The Morgan fingerprint density at radius 3 is 1.35 bits per heavy atom. The summed E-state index contributed by atoms with van der Waals surface area (Å²) < 4.78 is 60.8. The molecular weight excluding hydrogens is 325 g/mol. The van der Waals surface area contributed by atoms with Crippen molar-refractivity contribution in [3.05, 3.63) is 0 Å². The summed E-state index contributed by atoms with van der Waals surface area (Å²) in [6, 6.07) is 0. The van der Waals surface area contributed by atoms with Crippen molar-refractivity contribution in [3.8, 4) is 0 Å². The maximum Gasteiger partial charge on any atom is 0.416 e. The van der Waals surface area contributed by atoms with Crippen LogP contribution in [0.15, 0.2) is 0 Å². The monoisotopic (exact) mass is 350 g/mol. The Labute approximate surface area is 133 Å². The first-order valence-electron chi connectivity index (χ1n) is 7.23. The number of ether oxygens (including phenoxy) is 5. The van der Waals surface area contributed by atoms with E-state index in [-0.39, 0.29) is 33.0 Å². The van der Waals surface area contributed by atoms with Crippen molar-refractivity contribution in [1.29, 1.82) is 0 Å². The van der Waals surface area contributed by atoms with E-state index in [0.717, 1.165) is 0 Å². The minimum Gasteiger partial charge on any atom is -0.394 e. The van der Waals surface area contributed by atoms with E-state index in [4.69, 9.17) is 29.2 Å². The van der Waals surface area contributed by atoms with E-state index in [1.165, 1.54) is 0 Å². The molecule has 2 N–H and O–H groups in total. The minimum atomic E-state index is -4.66. The standard InChI is InChI=1S/C13H25F3O7/c14-13(15,16)12(18)11-23-10-9-22-8-7-21-6-5-20-4-3-19-2-1-17/h12,17-18H,1-11H2. The van der Waals surface area contributed by atoms with Gasteiger partial charge >= 0.3 is 6.18 Å². The fraction of sp³-hybridized carbons (Fsp3) is 1.00. The van der Waals surface area contributed by atoms with Crippen LogP contribution in [0, 0.1) is 0 Å². The minimum absolute atomic E-state index is 0.0168. The highest BCUT2D eigenvalue weighted by molar-refractivity contribution is 4.63. The smallest absolute Gasteiger partial charge is 0.394 e. The molecule has 0 aliphatic carbocycles. The molecule has 0 amide bonds. The molecule has 1 unspecified atom stereocenters. The highest BCUT2D eigenvalue weighted by Crippen LogP contribution is 2.19. The first-order valence-corrected chi connectivity index (χ1v) is 7.23. The average molecular weight is 350 g/mol. The number of aliphatic hydroxyl groups excluding tert-OH is 2. The normalized spacial score (nSPS) is 13.4. The second kappa shape index (κ2) is 15.1. The summed E-state index contributed by atoms with van der Waals surface area (Å²) in [7, 11) is 0. The van der Waals surface area contributed by atoms with Crippen LogP contribution in [0.25, 0.3) is 0 Å². The predicted molar refractivity (Wildman–Crippen MR) is 73.2 cm³/mol. The zero-order valence-electron chi connectivity index (χ0n) is 12.9. The third-order valence-corrected chi connectivity index (χ3v) is 2.38. The van der Waals surface area contributed by atoms with Gasteiger partial charge in [-0.05, 0) is 0 Å². The lowest BCUT2D eigenvalue weighted by Crippen LogP contribution is -2.33. The van der Waals surface area contributed by atoms with E-state index in [1.807, 2.05) is 0 Å². The van der Waals surface area contributed by atoms with Gasteiger partial charge in [-0.3, -0.25) is 0 Å². The Hall–Kier alpha value is -0.490. The molecule has 140 valence electrons. The molecular formula is C13H25F3O7. The summed E-state index contributed by atoms with van der Waals surface area (Å²) in [6.07, 6.45) is -7.14. The van der Waals surface area contributed by atoms with Crippen LogP contribution in [0.1, 0.15) is 0 Å². The summed E-state index contributed by atoms with van der Waals surface area (Å²) in [5.41, 5.74) is 0. The van der Waals surface area contributed by atoms with Gasteiger partial charge < -0.3 is 33.9 Å². The summed E-state index contributed by atoms with van der Waals surface area (Å²) in [5.74, 6) is 0. The average Bonchev–Trinajstić information content (AvgIpc) is 2.50. The molecule has 0 radical (unpaired) electrons. The largest absolute Gasteiger partial charge is 0.416 e. The highest BCUT2D eigenvalue weighted by Gasteiger charge is 2.38. The van der Waals surface area contributed by atoms with Crippen molar-refractivity contribution in [2.24, 2.45) is 0 Å². The number of hydrogen-bond acceptors (Lipinski definition) is 7. The van der Waals surface area contributed by atoms with E-state index in [2.05, 4.69) is 4.74 Å². The molecule has 0 aromatic carbocycles. The Kier molecular flexibility index (Phi) is 14.7. The molecule has 23 heavy (non-hydrogen) atoms. The molecule has 7 nitrogen and oxygen atoms in total. The lowest BCUT2D eigenvalue weighted by atomic mass is 10.4. The Balaban J connectivity index is 3.11. The molecule has 0 rings (SSSR count). The van der Waals surface area contributed by atoms with Crippen molar-refractivity contribution in [1.82, 2.24) is 0 Å². The van der Waals surface area contributed by atoms with Crippen molar-refractivity contribution in [2.45, 2.75) is 12.3 Å². The number of halogens is 3. The molecule has 0 fully saturated rings. The van der Waals surface area contributed by atoms with Crippen LogP contribution in [-0.2, 0) is 23.7 Å². The Morgan fingerprint density at radius 2 is 1.00 bits per heavy atom. The van der Waals surface area contributed by atoms with Crippen molar-refractivity contribution in [3.63, 3.8) is 0 Å². The molecule has 10 heteroatoms. The highest BCUT2D eigenvalue weighted by atomic mass is 19.4. The first-order chi connectivity index (χ1) is 11.0. The van der Waals surface area contributed by atoms with E-state index in [1.54, 1.807) is 0 Å².